The van der Waals surface area contributed by atoms with E-state index in [2.05, 4.69) is 17.6 Å². The molecule has 8 atom stereocenters. The lowest BCUT2D eigenvalue weighted by molar-refractivity contribution is -0.208. The van der Waals surface area contributed by atoms with Crippen molar-refractivity contribution in [3.8, 4) is 0 Å². The summed E-state index contributed by atoms with van der Waals surface area (Å²) in [5.41, 5.74) is -0.660. The molecule has 2 heterocycles. The first kappa shape index (κ1) is 25.8. The van der Waals surface area contributed by atoms with Crippen LogP contribution in [-0.4, -0.2) is 89.2 Å². The minimum Gasteiger partial charge on any atom is -0.388 e. The highest BCUT2D eigenvalue weighted by Gasteiger charge is 2.47. The van der Waals surface area contributed by atoms with Crippen molar-refractivity contribution in [2.75, 3.05) is 26.0 Å². The normalized spacial score (nSPS) is 35.9. The first-order valence-corrected chi connectivity index (χ1v) is 12.4. The Morgan fingerprint density at radius 2 is 1.97 bits per heavy atom. The lowest BCUT2D eigenvalue weighted by atomic mass is 9.87. The van der Waals surface area contributed by atoms with Crippen molar-refractivity contribution < 1.29 is 29.6 Å². The van der Waals surface area contributed by atoms with Gasteiger partial charge in [-0.1, -0.05) is 20.8 Å². The molecular weight excluding hydrogens is 408 g/mol. The van der Waals surface area contributed by atoms with Crippen LogP contribution in [0.1, 0.15) is 46.5 Å². The molecule has 0 aromatic carbocycles. The van der Waals surface area contributed by atoms with Crippen LogP contribution in [-0.2, 0) is 14.3 Å². The molecule has 0 aromatic rings. The van der Waals surface area contributed by atoms with E-state index < -0.39 is 35.9 Å². The third-order valence-corrected chi connectivity index (χ3v) is 6.92. The van der Waals surface area contributed by atoms with Gasteiger partial charge in [-0.05, 0) is 50.3 Å². The van der Waals surface area contributed by atoms with Crippen molar-refractivity contribution in [1.29, 1.82) is 0 Å². The van der Waals surface area contributed by atoms with Crippen molar-refractivity contribution in [3.63, 3.8) is 0 Å². The molecule has 0 saturated carbocycles. The lowest BCUT2D eigenvalue weighted by Gasteiger charge is -2.44. The topological polar surface area (TPSA) is 120 Å². The predicted octanol–water partition coefficient (Wildman–Crippen LogP) is 0.483. The predicted molar refractivity (Wildman–Crippen MR) is 117 cm³/mol. The van der Waals surface area contributed by atoms with Crippen LogP contribution in [0, 0.1) is 11.8 Å². The fraction of sp³-hybridized carbons (Fsp3) is 0.952. The minimum absolute atomic E-state index is 0.0274. The smallest absolute Gasteiger partial charge is 0.237 e. The summed E-state index contributed by atoms with van der Waals surface area (Å²) in [6.45, 7) is 8.24. The van der Waals surface area contributed by atoms with Gasteiger partial charge >= 0.3 is 0 Å². The fourth-order valence-electron chi connectivity index (χ4n) is 4.21. The first-order valence-electron chi connectivity index (χ1n) is 11.1. The minimum atomic E-state index is -1.32. The number of nitrogens with one attached hydrogen (secondary N) is 2. The third kappa shape index (κ3) is 6.79. The Kier molecular flexibility index (Phi) is 10.8. The highest BCUT2D eigenvalue weighted by atomic mass is 32.2. The van der Waals surface area contributed by atoms with E-state index in [1.165, 1.54) is 11.8 Å². The summed E-state index contributed by atoms with van der Waals surface area (Å²) in [6.07, 6.45) is 0.922. The second-order valence-corrected chi connectivity index (χ2v) is 9.69. The van der Waals surface area contributed by atoms with Crippen LogP contribution in [0.2, 0.25) is 0 Å². The molecule has 2 aliphatic rings. The van der Waals surface area contributed by atoms with E-state index >= 15 is 0 Å². The number of thioether (sulfide) groups is 1. The van der Waals surface area contributed by atoms with Gasteiger partial charge in [0.1, 0.15) is 29.9 Å². The van der Waals surface area contributed by atoms with Crippen molar-refractivity contribution in [2.24, 2.45) is 11.8 Å². The summed E-state index contributed by atoms with van der Waals surface area (Å²) in [4.78, 5) is 13.0. The van der Waals surface area contributed by atoms with Gasteiger partial charge in [0, 0.05) is 13.2 Å². The second kappa shape index (κ2) is 12.6. The van der Waals surface area contributed by atoms with Gasteiger partial charge in [-0.15, -0.1) is 11.8 Å². The first-order chi connectivity index (χ1) is 14.3. The Morgan fingerprint density at radius 1 is 1.23 bits per heavy atom. The van der Waals surface area contributed by atoms with Crippen LogP contribution in [0.15, 0.2) is 0 Å². The van der Waals surface area contributed by atoms with Gasteiger partial charge in [0.25, 0.3) is 0 Å². The Bertz CT molecular complexity index is 524. The van der Waals surface area contributed by atoms with E-state index in [1.807, 2.05) is 13.8 Å². The molecule has 0 aromatic heterocycles. The van der Waals surface area contributed by atoms with Gasteiger partial charge < -0.3 is 35.4 Å². The number of aliphatic hydroxyl groups excluding tert-OH is 3. The summed E-state index contributed by atoms with van der Waals surface area (Å²) in [5, 5.41) is 37.2. The molecule has 0 radical (unpaired) electrons. The van der Waals surface area contributed by atoms with E-state index in [9.17, 15) is 20.1 Å². The number of piperidine rings is 1. The molecule has 176 valence electrons. The summed E-state index contributed by atoms with van der Waals surface area (Å²) >= 11 is 1.27. The Hall–Kier alpha value is -0.420. The monoisotopic (exact) mass is 448 g/mol. The highest BCUT2D eigenvalue weighted by molar-refractivity contribution is 7.99. The van der Waals surface area contributed by atoms with Crippen LogP contribution in [0.5, 0.6) is 0 Å². The maximum atomic E-state index is 13.0. The molecule has 0 aliphatic carbocycles. The van der Waals surface area contributed by atoms with Gasteiger partial charge in [-0.25, -0.2) is 0 Å². The van der Waals surface area contributed by atoms with Crippen LogP contribution >= 0.6 is 11.8 Å². The molecular formula is C21H40N2O6S. The highest BCUT2D eigenvalue weighted by Crippen LogP contribution is 2.30. The third-order valence-electron chi connectivity index (χ3n) is 6.07. The van der Waals surface area contributed by atoms with Crippen LogP contribution in [0.25, 0.3) is 0 Å². The molecule has 2 aliphatic heterocycles. The van der Waals surface area contributed by atoms with E-state index in [0.29, 0.717) is 5.92 Å². The van der Waals surface area contributed by atoms with Crippen LogP contribution < -0.4 is 10.6 Å². The number of hydrogen-bond acceptors (Lipinski definition) is 8. The maximum absolute atomic E-state index is 13.0. The number of hydrogen-bond donors (Lipinski definition) is 5. The van der Waals surface area contributed by atoms with Gasteiger partial charge in [-0.2, -0.15) is 0 Å². The standard InChI is InChI=1S/C21H40N2O6S/c1-5-9-28-10-7-13-6-8-22-14(11-13)20(27)23-15(12(2)3)19-17(25)16(24)18(26)21(29-19)30-4/h12-19,21-22,24-26H,5-11H2,1-4H3,(H,23,27). The summed E-state index contributed by atoms with van der Waals surface area (Å²) in [7, 11) is 0. The molecule has 0 spiro atoms. The van der Waals surface area contributed by atoms with Crippen molar-refractivity contribution in [1.82, 2.24) is 10.6 Å². The maximum Gasteiger partial charge on any atom is 0.237 e. The number of carbonyl (C=O) groups is 1. The molecule has 8 unspecified atom stereocenters. The van der Waals surface area contributed by atoms with Gasteiger partial charge in [0.15, 0.2) is 0 Å². The van der Waals surface area contributed by atoms with Crippen LogP contribution in [0.3, 0.4) is 0 Å². The zero-order valence-corrected chi connectivity index (χ0v) is 19.4. The van der Waals surface area contributed by atoms with Gasteiger partial charge in [-0.3, -0.25) is 4.79 Å². The van der Waals surface area contributed by atoms with Crippen molar-refractivity contribution in [3.05, 3.63) is 0 Å². The molecule has 2 fully saturated rings. The fourth-order valence-corrected chi connectivity index (χ4v) is 4.89. The van der Waals surface area contributed by atoms with E-state index in [0.717, 1.165) is 45.4 Å². The molecule has 30 heavy (non-hydrogen) atoms. The zero-order valence-electron chi connectivity index (χ0n) is 18.6. The lowest BCUT2D eigenvalue weighted by Crippen LogP contribution is -2.65. The number of carbonyl (C=O) groups excluding carboxylic acids is 1. The summed E-state index contributed by atoms with van der Waals surface area (Å²) < 4.78 is 11.5. The quantitative estimate of drug-likeness (QED) is 0.306. The van der Waals surface area contributed by atoms with E-state index in [1.54, 1.807) is 6.26 Å². The van der Waals surface area contributed by atoms with Gasteiger partial charge in [0.05, 0.1) is 12.1 Å². The molecule has 2 rings (SSSR count). The summed E-state index contributed by atoms with van der Waals surface area (Å²) in [5.74, 6) is 0.288. The Morgan fingerprint density at radius 3 is 2.60 bits per heavy atom. The Balaban J connectivity index is 1.97. The van der Waals surface area contributed by atoms with Gasteiger partial charge in [0.2, 0.25) is 5.91 Å². The average Bonchev–Trinajstić information content (AvgIpc) is 2.74. The number of ether oxygens (including phenoxy) is 2. The molecule has 9 heteroatoms. The molecule has 2 saturated heterocycles. The number of amides is 1. The SMILES string of the molecule is CCCOCCC1CCNC(C(=O)NC(C(C)C)C2OC(SC)C(O)C(O)C2O)C1. The number of aliphatic hydroxyl groups is 3. The second-order valence-electron chi connectivity index (χ2n) is 8.75. The zero-order chi connectivity index (χ0) is 22.3. The average molecular weight is 449 g/mol. The Labute approximate surface area is 184 Å². The largest absolute Gasteiger partial charge is 0.388 e. The molecule has 0 bridgehead atoms. The molecule has 5 N–H and O–H groups in total. The number of rotatable bonds is 10. The molecule has 8 nitrogen and oxygen atoms in total. The van der Waals surface area contributed by atoms with Crippen LogP contribution in [0.4, 0.5) is 0 Å². The van der Waals surface area contributed by atoms with E-state index in [-0.39, 0.29) is 17.9 Å². The van der Waals surface area contributed by atoms with Crippen molar-refractivity contribution in [2.45, 2.75) is 88.4 Å². The summed E-state index contributed by atoms with van der Waals surface area (Å²) in [6, 6.07) is -0.789. The van der Waals surface area contributed by atoms with Crippen molar-refractivity contribution >= 4 is 17.7 Å². The van der Waals surface area contributed by atoms with E-state index in [4.69, 9.17) is 9.47 Å². The molecule has 1 amide bonds.